The standard InChI is InChI=1S/C22H17P.C2H6/c1-23-14-17-11-10-15-6-2-4-8-18(15)21(17)22-19-9-5-3-7-16(19)12-13-20(22)23;1-2/h2-13H,14H2,1H3;1-2H3. The van der Waals surface area contributed by atoms with Crippen LogP contribution in [0.4, 0.5) is 0 Å². The molecule has 1 aliphatic heterocycles. The van der Waals surface area contributed by atoms with Crippen molar-refractivity contribution in [1.82, 2.24) is 0 Å². The first-order valence-corrected chi connectivity index (χ1v) is 11.0. The number of hydrogen-bond donors (Lipinski definition) is 0. The zero-order valence-corrected chi connectivity index (χ0v) is 16.0. The molecule has 4 aromatic carbocycles. The highest BCUT2D eigenvalue weighted by Crippen LogP contribution is 2.49. The topological polar surface area (TPSA) is 0 Å². The van der Waals surface area contributed by atoms with Crippen LogP contribution >= 0.6 is 7.92 Å². The molecule has 124 valence electrons. The molecule has 0 aliphatic carbocycles. The average molecular weight is 342 g/mol. The molecule has 0 nitrogen and oxygen atoms in total. The Kier molecular flexibility index (Phi) is 4.32. The molecule has 1 heteroatoms. The summed E-state index contributed by atoms with van der Waals surface area (Å²) in [5.74, 6) is 0. The molecule has 25 heavy (non-hydrogen) atoms. The molecule has 0 amide bonds. The van der Waals surface area contributed by atoms with Gasteiger partial charge in [-0.25, -0.2) is 0 Å². The SMILES string of the molecule is CC.CP1Cc2ccc3ccccc3c2-c2c1ccc1ccccc21. The van der Waals surface area contributed by atoms with Crippen molar-refractivity contribution in [3.05, 3.63) is 78.4 Å². The second-order valence-electron chi connectivity index (χ2n) is 6.36. The Morgan fingerprint density at radius 3 is 1.88 bits per heavy atom. The van der Waals surface area contributed by atoms with Crippen molar-refractivity contribution >= 4 is 34.8 Å². The van der Waals surface area contributed by atoms with Gasteiger partial charge in [-0.2, -0.15) is 0 Å². The van der Waals surface area contributed by atoms with Crippen molar-refractivity contribution in [3.63, 3.8) is 0 Å². The molecule has 1 unspecified atom stereocenters. The Hall–Kier alpha value is -2.17. The second-order valence-corrected chi connectivity index (χ2v) is 8.55. The van der Waals surface area contributed by atoms with E-state index in [0.717, 1.165) is 0 Å². The van der Waals surface area contributed by atoms with Crippen LogP contribution in [0.15, 0.2) is 72.8 Å². The smallest absolute Gasteiger partial charge is 0.00192 e. The molecule has 0 spiro atoms. The molecule has 0 saturated heterocycles. The van der Waals surface area contributed by atoms with Gasteiger partial charge < -0.3 is 0 Å². The first kappa shape index (κ1) is 16.3. The van der Waals surface area contributed by atoms with E-state index in [1.54, 1.807) is 5.30 Å². The molecule has 0 radical (unpaired) electrons. The average Bonchev–Trinajstić information content (AvgIpc) is 2.69. The van der Waals surface area contributed by atoms with E-state index in [1.807, 2.05) is 13.8 Å². The minimum Gasteiger partial charge on any atom is -0.0733 e. The molecule has 0 saturated carbocycles. The fraction of sp³-hybridized carbons (Fsp3) is 0.167. The van der Waals surface area contributed by atoms with E-state index in [-0.39, 0.29) is 7.92 Å². The van der Waals surface area contributed by atoms with Gasteiger partial charge in [-0.15, -0.1) is 0 Å². The lowest BCUT2D eigenvalue weighted by Gasteiger charge is -2.28. The maximum Gasteiger partial charge on any atom is -0.00192 e. The van der Waals surface area contributed by atoms with Crippen LogP contribution in [0.5, 0.6) is 0 Å². The van der Waals surface area contributed by atoms with Crippen molar-refractivity contribution in [2.75, 3.05) is 6.66 Å². The van der Waals surface area contributed by atoms with Gasteiger partial charge in [-0.1, -0.05) is 94.6 Å². The molecule has 5 rings (SSSR count). The van der Waals surface area contributed by atoms with Crippen LogP contribution in [0.2, 0.25) is 0 Å². The minimum absolute atomic E-state index is 0.123. The molecule has 4 aromatic rings. The van der Waals surface area contributed by atoms with Gasteiger partial charge in [0.05, 0.1) is 0 Å². The summed E-state index contributed by atoms with van der Waals surface area (Å²) >= 11 is 0. The van der Waals surface area contributed by atoms with E-state index in [2.05, 4.69) is 79.5 Å². The lowest BCUT2D eigenvalue weighted by atomic mass is 9.90. The Morgan fingerprint density at radius 1 is 0.640 bits per heavy atom. The first-order chi connectivity index (χ1) is 12.3. The second kappa shape index (κ2) is 6.62. The lowest BCUT2D eigenvalue weighted by molar-refractivity contribution is 1.40. The predicted molar refractivity (Wildman–Crippen MR) is 114 cm³/mol. The summed E-state index contributed by atoms with van der Waals surface area (Å²) in [7, 11) is -0.123. The highest BCUT2D eigenvalue weighted by Gasteiger charge is 2.24. The van der Waals surface area contributed by atoms with Gasteiger partial charge in [0.25, 0.3) is 0 Å². The summed E-state index contributed by atoms with van der Waals surface area (Å²) in [4.78, 5) is 0. The van der Waals surface area contributed by atoms with Crippen molar-refractivity contribution in [1.29, 1.82) is 0 Å². The van der Waals surface area contributed by atoms with Crippen LogP contribution in [0.1, 0.15) is 19.4 Å². The van der Waals surface area contributed by atoms with Crippen LogP contribution in [-0.2, 0) is 6.16 Å². The summed E-state index contributed by atoms with van der Waals surface area (Å²) in [6.07, 6.45) is 1.20. The van der Waals surface area contributed by atoms with Gasteiger partial charge in [0, 0.05) is 0 Å². The highest BCUT2D eigenvalue weighted by molar-refractivity contribution is 7.64. The van der Waals surface area contributed by atoms with Gasteiger partial charge in [0.15, 0.2) is 0 Å². The largest absolute Gasteiger partial charge is 0.0733 e. The Bertz CT molecular complexity index is 1060. The van der Waals surface area contributed by atoms with Gasteiger partial charge in [0.2, 0.25) is 0 Å². The normalized spacial score (nSPS) is 15.2. The van der Waals surface area contributed by atoms with Gasteiger partial charge >= 0.3 is 0 Å². The minimum atomic E-state index is -0.123. The quantitative estimate of drug-likeness (QED) is 0.304. The summed E-state index contributed by atoms with van der Waals surface area (Å²) in [5.41, 5.74) is 4.46. The van der Waals surface area contributed by atoms with Crippen molar-refractivity contribution < 1.29 is 0 Å². The van der Waals surface area contributed by atoms with E-state index >= 15 is 0 Å². The molecule has 0 aromatic heterocycles. The molecular weight excluding hydrogens is 319 g/mol. The van der Waals surface area contributed by atoms with Gasteiger partial charge in [0.1, 0.15) is 0 Å². The van der Waals surface area contributed by atoms with Crippen LogP contribution in [-0.4, -0.2) is 6.66 Å². The molecule has 0 fully saturated rings. The third kappa shape index (κ3) is 2.57. The summed E-state index contributed by atoms with van der Waals surface area (Å²) in [5, 5.41) is 7.04. The maximum absolute atomic E-state index is 2.42. The Morgan fingerprint density at radius 2 is 1.20 bits per heavy atom. The predicted octanol–water partition coefficient (Wildman–Crippen LogP) is 6.94. The van der Waals surface area contributed by atoms with E-state index in [0.29, 0.717) is 0 Å². The fourth-order valence-corrected chi connectivity index (χ4v) is 5.81. The lowest BCUT2D eigenvalue weighted by Crippen LogP contribution is -2.13. The van der Waals surface area contributed by atoms with E-state index in [4.69, 9.17) is 0 Å². The number of benzene rings is 4. The zero-order chi connectivity index (χ0) is 17.4. The summed E-state index contributed by atoms with van der Waals surface area (Å²) < 4.78 is 0. The van der Waals surface area contributed by atoms with Crippen LogP contribution < -0.4 is 5.30 Å². The molecule has 0 bridgehead atoms. The zero-order valence-electron chi connectivity index (χ0n) is 15.1. The molecule has 1 heterocycles. The van der Waals surface area contributed by atoms with E-state index in [1.165, 1.54) is 44.4 Å². The van der Waals surface area contributed by atoms with Crippen molar-refractivity contribution in [2.24, 2.45) is 0 Å². The molecular formula is C24H23P. The molecule has 0 N–H and O–H groups in total. The van der Waals surface area contributed by atoms with Crippen molar-refractivity contribution in [3.8, 4) is 11.1 Å². The summed E-state index contributed by atoms with van der Waals surface area (Å²) in [6.45, 7) is 6.42. The maximum atomic E-state index is 2.42. The number of rotatable bonds is 0. The van der Waals surface area contributed by atoms with Crippen LogP contribution in [0, 0.1) is 0 Å². The Labute approximate surface area is 151 Å². The third-order valence-electron chi connectivity index (χ3n) is 4.99. The number of hydrogen-bond acceptors (Lipinski definition) is 0. The van der Waals surface area contributed by atoms with Gasteiger partial charge in [-0.3, -0.25) is 0 Å². The van der Waals surface area contributed by atoms with E-state index < -0.39 is 0 Å². The van der Waals surface area contributed by atoms with Crippen molar-refractivity contribution in [2.45, 2.75) is 20.0 Å². The first-order valence-electron chi connectivity index (χ1n) is 9.07. The molecule has 1 atom stereocenters. The van der Waals surface area contributed by atoms with Gasteiger partial charge in [-0.05, 0) is 56.4 Å². The summed E-state index contributed by atoms with van der Waals surface area (Å²) in [6, 6.07) is 26.9. The van der Waals surface area contributed by atoms with Crippen LogP contribution in [0.3, 0.4) is 0 Å². The third-order valence-corrected chi connectivity index (χ3v) is 7.00. The monoisotopic (exact) mass is 342 g/mol. The molecule has 1 aliphatic rings. The number of fused-ring (bicyclic) bond motifs is 7. The van der Waals surface area contributed by atoms with E-state index in [9.17, 15) is 0 Å². The fourth-order valence-electron chi connectivity index (χ4n) is 3.93. The highest BCUT2D eigenvalue weighted by atomic mass is 31.1. The van der Waals surface area contributed by atoms with Crippen LogP contribution in [0.25, 0.3) is 32.7 Å². The Balaban J connectivity index is 0.000000758.